The zero-order chi connectivity index (χ0) is 19.5. The standard InChI is InChI=1S/C21H22F2N4O/c22-17-10-15(11-18(23)12-17)13-24-20(28)14-27-9-6-16-4-5-19(25-21(16)27)26-7-2-1-3-8-26/h4-6,9-12H,1-3,7-8,13-14H2,(H,24,28). The number of carbonyl (C=O) groups is 1. The van der Waals surface area contributed by atoms with Gasteiger partial charge in [-0.1, -0.05) is 0 Å². The fourth-order valence-electron chi connectivity index (χ4n) is 3.60. The van der Waals surface area contributed by atoms with E-state index in [1.165, 1.54) is 31.4 Å². The zero-order valence-electron chi connectivity index (χ0n) is 15.5. The van der Waals surface area contributed by atoms with Crippen molar-refractivity contribution in [3.05, 3.63) is 59.8 Å². The molecular weight excluding hydrogens is 362 g/mol. The molecule has 146 valence electrons. The maximum Gasteiger partial charge on any atom is 0.240 e. The minimum Gasteiger partial charge on any atom is -0.357 e. The number of carbonyl (C=O) groups excluding carboxylic acids is 1. The van der Waals surface area contributed by atoms with Gasteiger partial charge in [-0.15, -0.1) is 0 Å². The van der Waals surface area contributed by atoms with Gasteiger partial charge in [0, 0.05) is 37.3 Å². The highest BCUT2D eigenvalue weighted by atomic mass is 19.1. The number of fused-ring (bicyclic) bond motifs is 1. The summed E-state index contributed by atoms with van der Waals surface area (Å²) in [5.74, 6) is -0.625. The second-order valence-corrected chi connectivity index (χ2v) is 7.13. The third-order valence-electron chi connectivity index (χ3n) is 5.00. The van der Waals surface area contributed by atoms with Crippen LogP contribution < -0.4 is 10.2 Å². The molecule has 28 heavy (non-hydrogen) atoms. The Kier molecular flexibility index (Phi) is 5.23. The average Bonchev–Trinajstić information content (AvgIpc) is 3.08. The predicted molar refractivity (Wildman–Crippen MR) is 104 cm³/mol. The molecule has 7 heteroatoms. The molecule has 0 aliphatic carbocycles. The quantitative estimate of drug-likeness (QED) is 0.731. The van der Waals surface area contributed by atoms with Gasteiger partial charge in [-0.2, -0.15) is 0 Å². The van der Waals surface area contributed by atoms with Gasteiger partial charge in [-0.3, -0.25) is 4.79 Å². The van der Waals surface area contributed by atoms with Gasteiger partial charge in [-0.05, 0) is 55.2 Å². The summed E-state index contributed by atoms with van der Waals surface area (Å²) in [6, 6.07) is 9.20. The first-order valence-corrected chi connectivity index (χ1v) is 9.51. The first kappa shape index (κ1) is 18.4. The molecule has 3 heterocycles. The van der Waals surface area contributed by atoms with Crippen LogP contribution in [0.25, 0.3) is 11.0 Å². The smallest absolute Gasteiger partial charge is 0.240 e. The second-order valence-electron chi connectivity index (χ2n) is 7.13. The number of piperidine rings is 1. The van der Waals surface area contributed by atoms with Crippen LogP contribution in [0.4, 0.5) is 14.6 Å². The molecule has 0 saturated carbocycles. The first-order valence-electron chi connectivity index (χ1n) is 9.51. The highest BCUT2D eigenvalue weighted by Gasteiger charge is 2.14. The lowest BCUT2D eigenvalue weighted by molar-refractivity contribution is -0.121. The lowest BCUT2D eigenvalue weighted by Crippen LogP contribution is -2.30. The molecule has 0 atom stereocenters. The maximum absolute atomic E-state index is 13.3. The summed E-state index contributed by atoms with van der Waals surface area (Å²) in [6.45, 7) is 2.17. The summed E-state index contributed by atoms with van der Waals surface area (Å²) in [4.78, 5) is 19.4. The lowest BCUT2D eigenvalue weighted by atomic mass is 10.1. The van der Waals surface area contributed by atoms with Crippen LogP contribution in [0.3, 0.4) is 0 Å². The Hall–Kier alpha value is -2.96. The number of amides is 1. The van der Waals surface area contributed by atoms with Crippen LogP contribution in [0.15, 0.2) is 42.6 Å². The van der Waals surface area contributed by atoms with Crippen LogP contribution in [0.2, 0.25) is 0 Å². The van der Waals surface area contributed by atoms with E-state index >= 15 is 0 Å². The Morgan fingerprint density at radius 3 is 2.54 bits per heavy atom. The van der Waals surface area contributed by atoms with E-state index in [1.54, 1.807) is 4.57 Å². The average molecular weight is 384 g/mol. The Bertz CT molecular complexity index is 975. The highest BCUT2D eigenvalue weighted by Crippen LogP contribution is 2.22. The van der Waals surface area contributed by atoms with Crippen molar-refractivity contribution < 1.29 is 13.6 Å². The SMILES string of the molecule is O=C(Cn1ccc2ccc(N3CCCCC3)nc21)NCc1cc(F)cc(F)c1. The number of nitrogens with zero attached hydrogens (tertiary/aromatic N) is 3. The second kappa shape index (κ2) is 7.96. The van der Waals surface area contributed by atoms with Gasteiger partial charge in [0.1, 0.15) is 29.6 Å². The van der Waals surface area contributed by atoms with Gasteiger partial charge < -0.3 is 14.8 Å². The molecular formula is C21H22F2N4O. The van der Waals surface area contributed by atoms with E-state index in [-0.39, 0.29) is 19.0 Å². The van der Waals surface area contributed by atoms with Crippen LogP contribution in [-0.2, 0) is 17.9 Å². The number of hydrogen-bond donors (Lipinski definition) is 1. The number of benzene rings is 1. The molecule has 0 spiro atoms. The van der Waals surface area contributed by atoms with Crippen molar-refractivity contribution in [3.8, 4) is 0 Å². The third-order valence-corrected chi connectivity index (χ3v) is 5.00. The van der Waals surface area contributed by atoms with Gasteiger partial charge >= 0.3 is 0 Å². The number of aromatic nitrogens is 2. The predicted octanol–water partition coefficient (Wildman–Crippen LogP) is 3.62. The van der Waals surface area contributed by atoms with Gasteiger partial charge in [-0.25, -0.2) is 13.8 Å². The molecule has 5 nitrogen and oxygen atoms in total. The molecule has 0 unspecified atom stereocenters. The van der Waals surface area contributed by atoms with Crippen molar-refractivity contribution in [1.82, 2.24) is 14.9 Å². The summed E-state index contributed by atoms with van der Waals surface area (Å²) in [6.07, 6.45) is 5.43. The van der Waals surface area contributed by atoms with Crippen molar-refractivity contribution in [2.75, 3.05) is 18.0 Å². The van der Waals surface area contributed by atoms with Gasteiger partial charge in [0.25, 0.3) is 0 Å². The van der Waals surface area contributed by atoms with E-state index in [9.17, 15) is 13.6 Å². The van der Waals surface area contributed by atoms with Crippen LogP contribution in [-0.4, -0.2) is 28.5 Å². The first-order chi connectivity index (χ1) is 13.6. The molecule has 1 saturated heterocycles. The van der Waals surface area contributed by atoms with Crippen molar-refractivity contribution in [1.29, 1.82) is 0 Å². The molecule has 2 aromatic heterocycles. The molecule has 0 radical (unpaired) electrons. The molecule has 1 aliphatic heterocycles. The Labute approximate surface area is 162 Å². The number of hydrogen-bond acceptors (Lipinski definition) is 3. The van der Waals surface area contributed by atoms with Crippen molar-refractivity contribution in [3.63, 3.8) is 0 Å². The van der Waals surface area contributed by atoms with E-state index < -0.39 is 11.6 Å². The van der Waals surface area contributed by atoms with Crippen LogP contribution >= 0.6 is 0 Å². The molecule has 1 amide bonds. The van der Waals surface area contributed by atoms with Gasteiger partial charge in [0.05, 0.1) is 0 Å². The number of pyridine rings is 1. The molecule has 3 aromatic rings. The minimum absolute atomic E-state index is 0.0686. The van der Waals surface area contributed by atoms with E-state index in [0.29, 0.717) is 5.56 Å². The Balaban J connectivity index is 1.45. The monoisotopic (exact) mass is 384 g/mol. The summed E-state index contributed by atoms with van der Waals surface area (Å²) in [5.41, 5.74) is 1.14. The molecule has 1 aliphatic rings. The van der Waals surface area contributed by atoms with Crippen LogP contribution in [0, 0.1) is 11.6 Å². The Morgan fingerprint density at radius 2 is 1.79 bits per heavy atom. The molecule has 4 rings (SSSR count). The van der Waals surface area contributed by atoms with E-state index in [2.05, 4.69) is 10.2 Å². The summed E-state index contributed by atoms with van der Waals surface area (Å²) >= 11 is 0. The molecule has 1 fully saturated rings. The topological polar surface area (TPSA) is 50.2 Å². The minimum atomic E-state index is -0.657. The number of anilines is 1. The van der Waals surface area contributed by atoms with E-state index in [4.69, 9.17) is 4.98 Å². The number of rotatable bonds is 5. The zero-order valence-corrected chi connectivity index (χ0v) is 15.5. The summed E-state index contributed by atoms with van der Waals surface area (Å²) < 4.78 is 28.3. The van der Waals surface area contributed by atoms with Crippen molar-refractivity contribution >= 4 is 22.8 Å². The van der Waals surface area contributed by atoms with E-state index in [1.807, 2.05) is 24.4 Å². The van der Waals surface area contributed by atoms with Crippen LogP contribution in [0.1, 0.15) is 24.8 Å². The largest absolute Gasteiger partial charge is 0.357 e. The Morgan fingerprint density at radius 1 is 1.04 bits per heavy atom. The van der Waals surface area contributed by atoms with Crippen LogP contribution in [0.5, 0.6) is 0 Å². The fourth-order valence-corrected chi connectivity index (χ4v) is 3.60. The van der Waals surface area contributed by atoms with Crippen molar-refractivity contribution in [2.45, 2.75) is 32.4 Å². The van der Waals surface area contributed by atoms with Gasteiger partial charge in [0.2, 0.25) is 5.91 Å². The third kappa shape index (κ3) is 4.13. The molecule has 1 aromatic carbocycles. The van der Waals surface area contributed by atoms with Gasteiger partial charge in [0.15, 0.2) is 0 Å². The summed E-state index contributed by atoms with van der Waals surface area (Å²) in [7, 11) is 0. The maximum atomic E-state index is 13.3. The van der Waals surface area contributed by atoms with E-state index in [0.717, 1.165) is 36.0 Å². The molecule has 0 bridgehead atoms. The highest BCUT2D eigenvalue weighted by molar-refractivity contribution is 5.82. The lowest BCUT2D eigenvalue weighted by Gasteiger charge is -2.27. The normalized spacial score (nSPS) is 14.4. The van der Waals surface area contributed by atoms with Crippen molar-refractivity contribution in [2.24, 2.45) is 0 Å². The number of nitrogens with one attached hydrogen (secondary N) is 1. The fraction of sp³-hybridized carbons (Fsp3) is 0.333. The molecule has 1 N–H and O–H groups in total. The number of halogens is 2. The summed E-state index contributed by atoms with van der Waals surface area (Å²) in [5, 5.41) is 3.68.